The average molecular weight is 300 g/mol. The maximum Gasteiger partial charge on any atom is 0.305 e. The van der Waals surface area contributed by atoms with Gasteiger partial charge in [-0.05, 0) is 12.8 Å². The molecule has 0 atom stereocenters. The number of carbonyl (C=O) groups is 1. The Bertz CT molecular complexity index is 217. The summed E-state index contributed by atoms with van der Waals surface area (Å²) in [4.78, 5) is 11.5. The number of carbonyl (C=O) groups excluding carboxylic acids is 1. The summed E-state index contributed by atoms with van der Waals surface area (Å²) in [5, 5.41) is 0. The fourth-order valence-electron chi connectivity index (χ4n) is 2.25. The van der Waals surface area contributed by atoms with E-state index in [0.717, 1.165) is 25.9 Å². The normalized spacial score (nSPS) is 10.8. The summed E-state index contributed by atoms with van der Waals surface area (Å²) in [6, 6.07) is 0. The minimum atomic E-state index is -0.0712. The van der Waals surface area contributed by atoms with E-state index in [9.17, 15) is 4.79 Å². The molecule has 0 saturated heterocycles. The molecule has 0 aromatic heterocycles. The summed E-state index contributed by atoms with van der Waals surface area (Å²) in [6.07, 6.45) is 14.0. The molecule has 0 spiro atoms. The second-order valence-electron chi connectivity index (χ2n) is 5.76. The van der Waals surface area contributed by atoms with Crippen LogP contribution in [0.15, 0.2) is 0 Å². The lowest BCUT2D eigenvalue weighted by molar-refractivity contribution is -0.145. The molecule has 0 aliphatic carbocycles. The van der Waals surface area contributed by atoms with Crippen LogP contribution in [-0.4, -0.2) is 25.8 Å². The van der Waals surface area contributed by atoms with Crippen molar-refractivity contribution < 1.29 is 14.3 Å². The highest BCUT2D eigenvalue weighted by Crippen LogP contribution is 2.08. The molecule has 0 aromatic rings. The van der Waals surface area contributed by atoms with Crippen LogP contribution in [0.3, 0.4) is 0 Å². The van der Waals surface area contributed by atoms with Crippen molar-refractivity contribution in [3.8, 4) is 0 Å². The highest BCUT2D eigenvalue weighted by atomic mass is 16.6. The van der Waals surface area contributed by atoms with Crippen molar-refractivity contribution in [2.45, 2.75) is 90.9 Å². The highest BCUT2D eigenvalue weighted by Gasteiger charge is 2.02. The van der Waals surface area contributed by atoms with E-state index in [0.29, 0.717) is 19.6 Å². The van der Waals surface area contributed by atoms with Crippen LogP contribution >= 0.6 is 0 Å². The summed E-state index contributed by atoms with van der Waals surface area (Å²) in [6.45, 7) is 6.16. The Morgan fingerprint density at radius 1 is 0.667 bits per heavy atom. The van der Waals surface area contributed by atoms with E-state index in [1.807, 2.05) is 0 Å². The Labute approximate surface area is 131 Å². The molecule has 0 aliphatic rings. The van der Waals surface area contributed by atoms with Crippen molar-refractivity contribution in [3.63, 3.8) is 0 Å². The number of unbranched alkanes of at least 4 members (excludes halogenated alkanes) is 9. The van der Waals surface area contributed by atoms with Gasteiger partial charge in [-0.3, -0.25) is 4.79 Å². The van der Waals surface area contributed by atoms with E-state index >= 15 is 0 Å². The Kier molecular flexibility index (Phi) is 17.0. The second kappa shape index (κ2) is 17.5. The molecule has 0 amide bonds. The third kappa shape index (κ3) is 17.4. The molecular weight excluding hydrogens is 264 g/mol. The van der Waals surface area contributed by atoms with Crippen LogP contribution in [0, 0.1) is 0 Å². The van der Waals surface area contributed by atoms with E-state index in [1.165, 1.54) is 51.4 Å². The van der Waals surface area contributed by atoms with Crippen molar-refractivity contribution in [1.82, 2.24) is 0 Å². The van der Waals surface area contributed by atoms with Crippen LogP contribution in [-0.2, 0) is 14.3 Å². The van der Waals surface area contributed by atoms with Crippen LogP contribution in [0.1, 0.15) is 90.9 Å². The Morgan fingerprint density at radius 2 is 1.24 bits per heavy atom. The first-order valence-electron chi connectivity index (χ1n) is 9.04. The molecule has 0 heterocycles. The monoisotopic (exact) mass is 300 g/mol. The average Bonchev–Trinajstić information content (AvgIpc) is 2.49. The van der Waals surface area contributed by atoms with Crippen molar-refractivity contribution in [2.75, 3.05) is 19.8 Å². The van der Waals surface area contributed by atoms with Crippen molar-refractivity contribution in [2.24, 2.45) is 0 Å². The SMILES string of the molecule is CCCCCCCCCC(=O)OCCOCCCCCC. The van der Waals surface area contributed by atoms with Gasteiger partial charge in [0.05, 0.1) is 6.61 Å². The molecule has 21 heavy (non-hydrogen) atoms. The second-order valence-corrected chi connectivity index (χ2v) is 5.76. The fraction of sp³-hybridized carbons (Fsp3) is 0.944. The fourth-order valence-corrected chi connectivity index (χ4v) is 2.25. The van der Waals surface area contributed by atoms with Gasteiger partial charge in [0.15, 0.2) is 0 Å². The zero-order valence-corrected chi connectivity index (χ0v) is 14.3. The number of hydrogen-bond donors (Lipinski definition) is 0. The third-order valence-electron chi connectivity index (χ3n) is 3.62. The number of esters is 1. The van der Waals surface area contributed by atoms with Crippen LogP contribution < -0.4 is 0 Å². The van der Waals surface area contributed by atoms with E-state index in [2.05, 4.69) is 13.8 Å². The first kappa shape index (κ1) is 20.4. The van der Waals surface area contributed by atoms with Gasteiger partial charge in [-0.2, -0.15) is 0 Å². The minimum absolute atomic E-state index is 0.0712. The van der Waals surface area contributed by atoms with E-state index in [4.69, 9.17) is 9.47 Å². The quantitative estimate of drug-likeness (QED) is 0.288. The molecule has 0 fully saturated rings. The van der Waals surface area contributed by atoms with Gasteiger partial charge in [-0.15, -0.1) is 0 Å². The largest absolute Gasteiger partial charge is 0.463 e. The first-order valence-corrected chi connectivity index (χ1v) is 9.04. The van der Waals surface area contributed by atoms with E-state index in [1.54, 1.807) is 0 Å². The molecule has 0 unspecified atom stereocenters. The zero-order valence-electron chi connectivity index (χ0n) is 14.3. The maximum absolute atomic E-state index is 11.5. The zero-order chi connectivity index (χ0) is 15.6. The number of hydrogen-bond acceptors (Lipinski definition) is 3. The summed E-state index contributed by atoms with van der Waals surface area (Å²) < 4.78 is 10.6. The van der Waals surface area contributed by atoms with Gasteiger partial charge in [0, 0.05) is 13.0 Å². The smallest absolute Gasteiger partial charge is 0.305 e. The van der Waals surface area contributed by atoms with E-state index in [-0.39, 0.29) is 5.97 Å². The van der Waals surface area contributed by atoms with E-state index < -0.39 is 0 Å². The molecule has 0 N–H and O–H groups in total. The number of ether oxygens (including phenoxy) is 2. The Hall–Kier alpha value is -0.570. The third-order valence-corrected chi connectivity index (χ3v) is 3.62. The molecule has 0 aromatic carbocycles. The molecule has 126 valence electrons. The van der Waals surface area contributed by atoms with Gasteiger partial charge in [0.1, 0.15) is 6.61 Å². The van der Waals surface area contributed by atoms with Gasteiger partial charge >= 0.3 is 5.97 Å². The summed E-state index contributed by atoms with van der Waals surface area (Å²) in [5.74, 6) is -0.0712. The van der Waals surface area contributed by atoms with Crippen molar-refractivity contribution in [3.05, 3.63) is 0 Å². The molecule has 0 aliphatic heterocycles. The lowest BCUT2D eigenvalue weighted by Gasteiger charge is -2.06. The van der Waals surface area contributed by atoms with Crippen LogP contribution in [0.4, 0.5) is 0 Å². The summed E-state index contributed by atoms with van der Waals surface area (Å²) >= 11 is 0. The maximum atomic E-state index is 11.5. The molecule has 3 nitrogen and oxygen atoms in total. The number of rotatable bonds is 16. The molecule has 0 bridgehead atoms. The topological polar surface area (TPSA) is 35.5 Å². The predicted molar refractivity (Wildman–Crippen MR) is 88.5 cm³/mol. The first-order chi connectivity index (χ1) is 10.3. The van der Waals surface area contributed by atoms with Gasteiger partial charge in [-0.1, -0.05) is 71.6 Å². The van der Waals surface area contributed by atoms with Crippen LogP contribution in [0.2, 0.25) is 0 Å². The standard InChI is InChI=1S/C18H36O3/c1-3-5-7-9-10-11-12-14-18(19)21-17-16-20-15-13-8-6-4-2/h3-17H2,1-2H3. The summed E-state index contributed by atoms with van der Waals surface area (Å²) in [7, 11) is 0. The molecule has 0 rings (SSSR count). The van der Waals surface area contributed by atoms with Gasteiger partial charge in [0.2, 0.25) is 0 Å². The van der Waals surface area contributed by atoms with Crippen LogP contribution in [0.25, 0.3) is 0 Å². The Balaban J connectivity index is 3.13. The molecule has 3 heteroatoms. The highest BCUT2D eigenvalue weighted by molar-refractivity contribution is 5.69. The predicted octanol–water partition coefficient (Wildman–Crippen LogP) is 5.27. The van der Waals surface area contributed by atoms with Gasteiger partial charge in [0.25, 0.3) is 0 Å². The lowest BCUT2D eigenvalue weighted by atomic mass is 10.1. The van der Waals surface area contributed by atoms with Crippen LogP contribution in [0.5, 0.6) is 0 Å². The van der Waals surface area contributed by atoms with Crippen molar-refractivity contribution in [1.29, 1.82) is 0 Å². The molecular formula is C18H36O3. The summed E-state index contributed by atoms with van der Waals surface area (Å²) in [5.41, 5.74) is 0. The lowest BCUT2D eigenvalue weighted by Crippen LogP contribution is -2.10. The Morgan fingerprint density at radius 3 is 1.90 bits per heavy atom. The van der Waals surface area contributed by atoms with Gasteiger partial charge < -0.3 is 9.47 Å². The van der Waals surface area contributed by atoms with Gasteiger partial charge in [-0.25, -0.2) is 0 Å². The molecule has 0 saturated carbocycles. The molecule has 0 radical (unpaired) electrons. The van der Waals surface area contributed by atoms with Crippen molar-refractivity contribution >= 4 is 5.97 Å². The minimum Gasteiger partial charge on any atom is -0.463 e.